The van der Waals surface area contributed by atoms with E-state index in [1.54, 1.807) is 6.07 Å². The number of nitrogens with one attached hydrogen (secondary N) is 2. The summed E-state index contributed by atoms with van der Waals surface area (Å²) in [6, 6.07) is 9.97. The van der Waals surface area contributed by atoms with Crippen molar-refractivity contribution in [1.29, 1.82) is 0 Å². The Hall–Kier alpha value is -2.69. The Balaban J connectivity index is 1.79. The van der Waals surface area contributed by atoms with E-state index in [0.29, 0.717) is 11.5 Å². The molecular weight excluding hydrogens is 307 g/mol. The zero-order chi connectivity index (χ0) is 16.5. The normalized spacial score (nSPS) is 24.4. The van der Waals surface area contributed by atoms with Crippen LogP contribution in [0.4, 0.5) is 9.18 Å². The maximum atomic E-state index is 13.9. The molecule has 3 amide bonds. The van der Waals surface area contributed by atoms with Crippen molar-refractivity contribution in [3.63, 3.8) is 0 Å². The van der Waals surface area contributed by atoms with Gasteiger partial charge in [-0.05, 0) is 53.1 Å². The van der Waals surface area contributed by atoms with Crippen LogP contribution in [0.2, 0.25) is 0 Å². The molecule has 5 heteroatoms. The maximum Gasteiger partial charge on any atom is 0.322 e. The van der Waals surface area contributed by atoms with Crippen LogP contribution in [0.15, 0.2) is 36.4 Å². The molecule has 0 bridgehead atoms. The molecule has 24 heavy (non-hydrogen) atoms. The Bertz CT molecular complexity index is 920. The van der Waals surface area contributed by atoms with E-state index >= 15 is 0 Å². The number of carbonyl (C=O) groups is 2. The van der Waals surface area contributed by atoms with Gasteiger partial charge in [-0.3, -0.25) is 10.1 Å². The molecule has 2 aliphatic carbocycles. The molecule has 1 saturated heterocycles. The van der Waals surface area contributed by atoms with E-state index in [0.717, 1.165) is 29.5 Å². The first-order valence-electron chi connectivity index (χ1n) is 8.18. The van der Waals surface area contributed by atoms with E-state index < -0.39 is 23.3 Å². The molecule has 2 aromatic carbocycles. The fourth-order valence-electron chi connectivity index (χ4n) is 4.14. The first-order chi connectivity index (χ1) is 11.6. The molecule has 0 aromatic heterocycles. The summed E-state index contributed by atoms with van der Waals surface area (Å²) < 4.78 is 13.9. The van der Waals surface area contributed by atoms with Gasteiger partial charge in [0.05, 0.1) is 0 Å². The first kappa shape index (κ1) is 13.7. The van der Waals surface area contributed by atoms with Crippen LogP contribution in [0.3, 0.4) is 0 Å². The first-order valence-corrected chi connectivity index (χ1v) is 8.18. The molecule has 1 atom stereocenters. The molecule has 2 aromatic rings. The predicted octanol–water partition coefficient (Wildman–Crippen LogP) is 3.16. The van der Waals surface area contributed by atoms with Gasteiger partial charge in [0.15, 0.2) is 5.54 Å². The lowest BCUT2D eigenvalue weighted by Crippen LogP contribution is -2.43. The Morgan fingerprint density at radius 1 is 1.00 bits per heavy atom. The summed E-state index contributed by atoms with van der Waals surface area (Å²) in [5.41, 5.74) is 2.79. The van der Waals surface area contributed by atoms with Gasteiger partial charge in [-0.1, -0.05) is 30.7 Å². The monoisotopic (exact) mass is 322 g/mol. The van der Waals surface area contributed by atoms with E-state index in [1.807, 2.05) is 12.1 Å². The Morgan fingerprint density at radius 2 is 1.71 bits per heavy atom. The molecule has 1 spiro atoms. The summed E-state index contributed by atoms with van der Waals surface area (Å²) in [4.78, 5) is 24.6. The highest BCUT2D eigenvalue weighted by atomic mass is 19.1. The molecule has 3 aliphatic rings. The molecule has 1 saturated carbocycles. The average Bonchev–Trinajstić information content (AvgIpc) is 2.94. The summed E-state index contributed by atoms with van der Waals surface area (Å²) in [6.07, 6.45) is 3.51. The Kier molecular flexibility index (Phi) is 2.54. The number of rotatable bonds is 1. The standard InChI is InChI=1S/C19H15FN2O2/c20-12-5-7-14-13-6-4-11(10-2-1-3-10)8-15(13)19(16(14)9-12)17(23)21-18(24)22-19/h4-10H,1-3H2,(H2,21,22,23,24). The third kappa shape index (κ3) is 1.57. The maximum absolute atomic E-state index is 13.9. The summed E-state index contributed by atoms with van der Waals surface area (Å²) in [6.45, 7) is 0. The van der Waals surface area contributed by atoms with E-state index in [2.05, 4.69) is 16.7 Å². The second kappa shape index (κ2) is 4.44. The van der Waals surface area contributed by atoms with Gasteiger partial charge < -0.3 is 5.32 Å². The summed E-state index contributed by atoms with van der Waals surface area (Å²) in [5, 5.41) is 5.07. The van der Waals surface area contributed by atoms with E-state index in [9.17, 15) is 14.0 Å². The lowest BCUT2D eigenvalue weighted by molar-refractivity contribution is -0.122. The predicted molar refractivity (Wildman–Crippen MR) is 85.9 cm³/mol. The van der Waals surface area contributed by atoms with Gasteiger partial charge in [0, 0.05) is 5.56 Å². The van der Waals surface area contributed by atoms with Crippen LogP contribution in [-0.4, -0.2) is 11.9 Å². The molecule has 5 rings (SSSR count). The number of carbonyl (C=O) groups excluding carboxylic acids is 2. The SMILES string of the molecule is O=C1NC(=O)C2(N1)c1cc(F)ccc1-c1ccc(C3CCC3)cc12. The van der Waals surface area contributed by atoms with Gasteiger partial charge in [0.2, 0.25) is 0 Å². The minimum absolute atomic E-state index is 0.422. The Labute approximate surface area is 138 Å². The van der Waals surface area contributed by atoms with Crippen LogP contribution in [0.25, 0.3) is 11.1 Å². The second-order valence-electron chi connectivity index (χ2n) is 6.78. The summed E-state index contributed by atoms with van der Waals surface area (Å²) >= 11 is 0. The number of benzene rings is 2. The van der Waals surface area contributed by atoms with Crippen molar-refractivity contribution in [2.45, 2.75) is 30.7 Å². The highest BCUT2D eigenvalue weighted by molar-refractivity contribution is 6.13. The summed E-state index contributed by atoms with van der Waals surface area (Å²) in [5.74, 6) is -0.356. The van der Waals surface area contributed by atoms with Gasteiger partial charge in [0.25, 0.3) is 5.91 Å². The highest BCUT2D eigenvalue weighted by Crippen LogP contribution is 2.50. The van der Waals surface area contributed by atoms with Crippen molar-refractivity contribution < 1.29 is 14.0 Å². The number of fused-ring (bicyclic) bond motifs is 5. The average molecular weight is 322 g/mol. The minimum atomic E-state index is -1.32. The Morgan fingerprint density at radius 3 is 2.33 bits per heavy atom. The van der Waals surface area contributed by atoms with E-state index in [4.69, 9.17) is 0 Å². The largest absolute Gasteiger partial charge is 0.322 e. The lowest BCUT2D eigenvalue weighted by Gasteiger charge is -2.28. The number of amides is 3. The molecular formula is C19H15FN2O2. The van der Waals surface area contributed by atoms with Crippen LogP contribution in [-0.2, 0) is 10.3 Å². The third-order valence-electron chi connectivity index (χ3n) is 5.57. The molecule has 0 radical (unpaired) electrons. The van der Waals surface area contributed by atoms with E-state index in [1.165, 1.54) is 24.1 Å². The zero-order valence-electron chi connectivity index (χ0n) is 12.9. The van der Waals surface area contributed by atoms with Crippen LogP contribution in [0, 0.1) is 5.82 Å². The van der Waals surface area contributed by atoms with Crippen molar-refractivity contribution in [3.05, 3.63) is 58.9 Å². The molecule has 2 fully saturated rings. The number of halogens is 1. The van der Waals surface area contributed by atoms with Crippen molar-refractivity contribution in [2.24, 2.45) is 0 Å². The minimum Gasteiger partial charge on any atom is -0.316 e. The van der Waals surface area contributed by atoms with Crippen LogP contribution < -0.4 is 10.6 Å². The quantitative estimate of drug-likeness (QED) is 0.792. The smallest absolute Gasteiger partial charge is 0.316 e. The van der Waals surface area contributed by atoms with Gasteiger partial charge in [-0.15, -0.1) is 0 Å². The van der Waals surface area contributed by atoms with Crippen molar-refractivity contribution in [2.75, 3.05) is 0 Å². The lowest BCUT2D eigenvalue weighted by atomic mass is 9.78. The third-order valence-corrected chi connectivity index (χ3v) is 5.57. The molecule has 1 aliphatic heterocycles. The topological polar surface area (TPSA) is 58.2 Å². The fourth-order valence-corrected chi connectivity index (χ4v) is 4.14. The van der Waals surface area contributed by atoms with Crippen molar-refractivity contribution >= 4 is 11.9 Å². The van der Waals surface area contributed by atoms with Crippen molar-refractivity contribution in [1.82, 2.24) is 10.6 Å². The highest BCUT2D eigenvalue weighted by Gasteiger charge is 2.55. The van der Waals surface area contributed by atoms with Crippen LogP contribution in [0.5, 0.6) is 0 Å². The number of urea groups is 1. The molecule has 4 nitrogen and oxygen atoms in total. The number of hydrogen-bond donors (Lipinski definition) is 2. The second-order valence-corrected chi connectivity index (χ2v) is 6.78. The molecule has 120 valence electrons. The van der Waals surface area contributed by atoms with Gasteiger partial charge in [-0.25, -0.2) is 9.18 Å². The molecule has 1 heterocycles. The fraction of sp³-hybridized carbons (Fsp3) is 0.263. The molecule has 1 unspecified atom stereocenters. The van der Waals surface area contributed by atoms with Crippen LogP contribution >= 0.6 is 0 Å². The number of hydrogen-bond acceptors (Lipinski definition) is 2. The van der Waals surface area contributed by atoms with E-state index in [-0.39, 0.29) is 0 Å². The zero-order valence-corrected chi connectivity index (χ0v) is 12.9. The molecule has 2 N–H and O–H groups in total. The van der Waals surface area contributed by atoms with Crippen molar-refractivity contribution in [3.8, 4) is 11.1 Å². The van der Waals surface area contributed by atoms with Crippen LogP contribution in [0.1, 0.15) is 41.9 Å². The van der Waals surface area contributed by atoms with Gasteiger partial charge in [-0.2, -0.15) is 0 Å². The number of imide groups is 1. The van der Waals surface area contributed by atoms with Gasteiger partial charge in [0.1, 0.15) is 5.82 Å². The van der Waals surface area contributed by atoms with Gasteiger partial charge >= 0.3 is 6.03 Å². The summed E-state index contributed by atoms with van der Waals surface area (Å²) in [7, 11) is 0.